The smallest absolute Gasteiger partial charge is 0.290 e. The van der Waals surface area contributed by atoms with Crippen LogP contribution in [0.1, 0.15) is 13.8 Å². The Morgan fingerprint density at radius 2 is 1.90 bits per heavy atom. The first kappa shape index (κ1) is 12.7. The highest BCUT2D eigenvalue weighted by Gasteiger charge is 2.24. The van der Waals surface area contributed by atoms with Gasteiger partial charge in [-0.3, -0.25) is 4.79 Å². The summed E-state index contributed by atoms with van der Waals surface area (Å²) in [5.74, 6) is 1.14. The molecule has 0 aromatic carbocycles. The van der Waals surface area contributed by atoms with E-state index in [1.54, 1.807) is 0 Å². The van der Waals surface area contributed by atoms with E-state index in [9.17, 15) is 4.79 Å². The van der Waals surface area contributed by atoms with Crippen LogP contribution in [0.5, 0.6) is 0 Å². The zero-order valence-corrected chi connectivity index (χ0v) is 11.5. The van der Waals surface area contributed by atoms with Crippen LogP contribution >= 0.6 is 0 Å². The van der Waals surface area contributed by atoms with Crippen LogP contribution in [0.15, 0.2) is 6.33 Å². The number of amides is 1. The predicted octanol–water partition coefficient (Wildman–Crippen LogP) is -0.781. The Morgan fingerprint density at radius 1 is 1.15 bits per heavy atom. The highest BCUT2D eigenvalue weighted by atomic mass is 16.2. The van der Waals surface area contributed by atoms with Gasteiger partial charge in [-0.15, -0.1) is 25.5 Å². The molecule has 3 heterocycles. The molecule has 0 bridgehead atoms. The van der Waals surface area contributed by atoms with Crippen LogP contribution in [0.4, 0.5) is 5.95 Å². The number of piperazine rings is 1. The molecule has 2 aromatic rings. The summed E-state index contributed by atoms with van der Waals surface area (Å²) in [4.78, 5) is 15.8. The summed E-state index contributed by atoms with van der Waals surface area (Å²) in [7, 11) is 0. The van der Waals surface area contributed by atoms with Gasteiger partial charge in [0, 0.05) is 32.1 Å². The van der Waals surface area contributed by atoms with E-state index in [0.717, 1.165) is 0 Å². The number of anilines is 1. The third-order valence-corrected chi connectivity index (χ3v) is 3.31. The van der Waals surface area contributed by atoms with Gasteiger partial charge in [-0.05, 0) is 0 Å². The van der Waals surface area contributed by atoms with Gasteiger partial charge in [-0.1, -0.05) is 13.8 Å². The summed E-state index contributed by atoms with van der Waals surface area (Å²) in [6.07, 6.45) is 1.49. The van der Waals surface area contributed by atoms with Crippen molar-refractivity contribution in [1.82, 2.24) is 34.9 Å². The van der Waals surface area contributed by atoms with Crippen molar-refractivity contribution in [3.8, 4) is 0 Å². The maximum atomic E-state index is 11.9. The van der Waals surface area contributed by atoms with Gasteiger partial charge in [0.25, 0.3) is 11.7 Å². The van der Waals surface area contributed by atoms with Gasteiger partial charge < -0.3 is 9.80 Å². The second-order valence-electron chi connectivity index (χ2n) is 5.04. The average molecular weight is 276 g/mol. The van der Waals surface area contributed by atoms with Crippen LogP contribution in [0, 0.1) is 5.92 Å². The Kier molecular flexibility index (Phi) is 3.17. The van der Waals surface area contributed by atoms with E-state index in [0.29, 0.717) is 37.9 Å². The van der Waals surface area contributed by atoms with Gasteiger partial charge in [0.1, 0.15) is 6.33 Å². The third kappa shape index (κ3) is 2.26. The number of aromatic nitrogens is 6. The highest BCUT2D eigenvalue weighted by molar-refractivity contribution is 5.78. The minimum atomic E-state index is 0.0350. The van der Waals surface area contributed by atoms with Crippen LogP contribution in [0.3, 0.4) is 0 Å². The van der Waals surface area contributed by atoms with Gasteiger partial charge in [-0.25, -0.2) is 0 Å². The van der Waals surface area contributed by atoms with Crippen molar-refractivity contribution in [2.24, 2.45) is 5.92 Å². The zero-order valence-electron chi connectivity index (χ0n) is 11.5. The lowest BCUT2D eigenvalue weighted by molar-refractivity contribution is -0.134. The molecule has 1 aliphatic heterocycles. The molecule has 1 amide bonds. The zero-order chi connectivity index (χ0) is 14.1. The van der Waals surface area contributed by atoms with E-state index in [-0.39, 0.29) is 11.8 Å². The van der Waals surface area contributed by atoms with E-state index in [1.165, 1.54) is 10.8 Å². The quantitative estimate of drug-likeness (QED) is 0.710. The Morgan fingerprint density at radius 3 is 2.60 bits per heavy atom. The van der Waals surface area contributed by atoms with Gasteiger partial charge in [0.2, 0.25) is 5.91 Å². The summed E-state index contributed by atoms with van der Waals surface area (Å²) >= 11 is 0. The predicted molar refractivity (Wildman–Crippen MR) is 70.0 cm³/mol. The first-order valence-electron chi connectivity index (χ1n) is 6.59. The molecule has 0 unspecified atom stereocenters. The molecule has 9 heteroatoms. The van der Waals surface area contributed by atoms with Crippen LogP contribution in [0.2, 0.25) is 0 Å². The monoisotopic (exact) mass is 276 g/mol. The fraction of sp³-hybridized carbons (Fsp3) is 0.636. The van der Waals surface area contributed by atoms with Crippen molar-refractivity contribution >= 4 is 17.6 Å². The van der Waals surface area contributed by atoms with Crippen molar-refractivity contribution in [3.63, 3.8) is 0 Å². The van der Waals surface area contributed by atoms with Crippen molar-refractivity contribution in [3.05, 3.63) is 6.33 Å². The topological polar surface area (TPSA) is 92.4 Å². The van der Waals surface area contributed by atoms with E-state index >= 15 is 0 Å². The third-order valence-electron chi connectivity index (χ3n) is 3.31. The first-order valence-corrected chi connectivity index (χ1v) is 6.59. The number of carbonyl (C=O) groups is 1. The van der Waals surface area contributed by atoms with Gasteiger partial charge >= 0.3 is 0 Å². The molecule has 1 aliphatic rings. The highest BCUT2D eigenvalue weighted by Crippen LogP contribution is 2.11. The molecule has 0 aliphatic carbocycles. The van der Waals surface area contributed by atoms with Crippen LogP contribution in [0.25, 0.3) is 5.78 Å². The fourth-order valence-electron chi connectivity index (χ4n) is 2.18. The van der Waals surface area contributed by atoms with E-state index in [2.05, 4.69) is 25.5 Å². The number of carbonyl (C=O) groups excluding carboxylic acids is 1. The molecule has 2 aromatic heterocycles. The molecule has 1 fully saturated rings. The van der Waals surface area contributed by atoms with Crippen molar-refractivity contribution < 1.29 is 4.79 Å². The molecule has 3 rings (SSSR count). The molecule has 0 N–H and O–H groups in total. The Balaban J connectivity index is 1.69. The molecule has 106 valence electrons. The second kappa shape index (κ2) is 4.99. The van der Waals surface area contributed by atoms with Crippen LogP contribution < -0.4 is 4.90 Å². The molecule has 9 nitrogen and oxygen atoms in total. The van der Waals surface area contributed by atoms with Gasteiger partial charge in [0.05, 0.1) is 0 Å². The molecule has 20 heavy (non-hydrogen) atoms. The molecule has 0 radical (unpaired) electrons. The van der Waals surface area contributed by atoms with Gasteiger partial charge in [0.15, 0.2) is 0 Å². The number of hydrogen-bond donors (Lipinski definition) is 0. The minimum absolute atomic E-state index is 0.0350. The minimum Gasteiger partial charge on any atom is -0.339 e. The van der Waals surface area contributed by atoms with E-state index in [1.807, 2.05) is 23.6 Å². The van der Waals surface area contributed by atoms with Gasteiger partial charge in [-0.2, -0.15) is 4.52 Å². The lowest BCUT2D eigenvalue weighted by atomic mass is 10.1. The summed E-state index contributed by atoms with van der Waals surface area (Å²) in [6, 6.07) is 0. The van der Waals surface area contributed by atoms with Crippen LogP contribution in [-0.2, 0) is 4.79 Å². The normalized spacial score (nSPS) is 16.1. The van der Waals surface area contributed by atoms with Crippen molar-refractivity contribution in [1.29, 1.82) is 0 Å². The molecular formula is C11H16N8O. The number of nitrogens with zero attached hydrogens (tertiary/aromatic N) is 8. The number of hydrogen-bond acceptors (Lipinski definition) is 7. The SMILES string of the molecule is CC(C)C(=O)N1CCN(c2nnc3nncn3n2)CC1. The van der Waals surface area contributed by atoms with Crippen LogP contribution in [-0.4, -0.2) is 67.0 Å². The average Bonchev–Trinajstić information content (AvgIpc) is 2.94. The van der Waals surface area contributed by atoms with E-state index < -0.39 is 0 Å². The Labute approximate surface area is 115 Å². The first-order chi connectivity index (χ1) is 9.65. The molecule has 0 saturated carbocycles. The van der Waals surface area contributed by atoms with Crippen molar-refractivity contribution in [2.45, 2.75) is 13.8 Å². The standard InChI is InChI=1S/C11H16N8O/c1-8(2)9(20)17-3-5-18(6-4-17)11-15-14-10-13-12-7-19(10)16-11/h7-8H,3-6H2,1-2H3. The Bertz CT molecular complexity index is 616. The number of rotatable bonds is 2. The fourth-order valence-corrected chi connectivity index (χ4v) is 2.18. The Hall–Kier alpha value is -2.32. The maximum absolute atomic E-state index is 11.9. The lowest BCUT2D eigenvalue weighted by Crippen LogP contribution is -2.50. The van der Waals surface area contributed by atoms with Crippen molar-refractivity contribution in [2.75, 3.05) is 31.1 Å². The molecule has 0 spiro atoms. The summed E-state index contributed by atoms with van der Waals surface area (Å²) in [5, 5.41) is 19.8. The maximum Gasteiger partial charge on any atom is 0.290 e. The second-order valence-corrected chi connectivity index (χ2v) is 5.04. The molecule has 1 saturated heterocycles. The molecule has 0 atom stereocenters. The molecular weight excluding hydrogens is 260 g/mol. The number of fused-ring (bicyclic) bond motifs is 1. The summed E-state index contributed by atoms with van der Waals surface area (Å²) in [6.45, 7) is 6.60. The summed E-state index contributed by atoms with van der Waals surface area (Å²) in [5.41, 5.74) is 0. The lowest BCUT2D eigenvalue weighted by Gasteiger charge is -2.35. The summed E-state index contributed by atoms with van der Waals surface area (Å²) < 4.78 is 1.49. The largest absolute Gasteiger partial charge is 0.339 e. The van der Waals surface area contributed by atoms with E-state index in [4.69, 9.17) is 0 Å².